The molecule has 0 saturated carbocycles. The summed E-state index contributed by atoms with van der Waals surface area (Å²) in [5.41, 5.74) is 0. The topological polar surface area (TPSA) is 39.1 Å². The first kappa shape index (κ1) is 11.5. The summed E-state index contributed by atoms with van der Waals surface area (Å²) in [6, 6.07) is 2.76. The van der Waals surface area contributed by atoms with Crippen molar-refractivity contribution < 1.29 is 0 Å². The number of hydrogen-bond donors (Lipinski definition) is 1. The van der Waals surface area contributed by atoms with Crippen LogP contribution in [0.2, 0.25) is 0 Å². The van der Waals surface area contributed by atoms with E-state index in [1.807, 2.05) is 0 Å². The van der Waals surface area contributed by atoms with Crippen LogP contribution >= 0.6 is 0 Å². The molecule has 3 nitrogen and oxygen atoms in total. The fourth-order valence-corrected chi connectivity index (χ4v) is 1.94. The molecule has 0 aromatic carbocycles. The average molecular weight is 195 g/mol. The highest BCUT2D eigenvalue weighted by molar-refractivity contribution is 4.75. The molecule has 0 aromatic rings. The van der Waals surface area contributed by atoms with Crippen LogP contribution in [0, 0.1) is 11.3 Å². The SMILES string of the molecule is CC(CNCCC#N)N1CCCCC1. The molecule has 0 amide bonds. The van der Waals surface area contributed by atoms with Gasteiger partial charge in [0.1, 0.15) is 0 Å². The van der Waals surface area contributed by atoms with Crippen molar-refractivity contribution in [2.45, 2.75) is 38.6 Å². The summed E-state index contributed by atoms with van der Waals surface area (Å²) in [6.07, 6.45) is 4.71. The second kappa shape index (κ2) is 6.80. The summed E-state index contributed by atoms with van der Waals surface area (Å²) < 4.78 is 0. The van der Waals surface area contributed by atoms with Crippen molar-refractivity contribution >= 4 is 0 Å². The summed E-state index contributed by atoms with van der Waals surface area (Å²) in [4.78, 5) is 2.54. The molecule has 0 spiro atoms. The van der Waals surface area contributed by atoms with Gasteiger partial charge in [-0.1, -0.05) is 6.42 Å². The van der Waals surface area contributed by atoms with Crippen LogP contribution in [-0.4, -0.2) is 37.1 Å². The van der Waals surface area contributed by atoms with E-state index in [2.05, 4.69) is 23.2 Å². The van der Waals surface area contributed by atoms with Gasteiger partial charge in [-0.25, -0.2) is 0 Å². The highest BCUT2D eigenvalue weighted by Crippen LogP contribution is 2.11. The summed E-state index contributed by atoms with van der Waals surface area (Å²) >= 11 is 0. The number of piperidine rings is 1. The third kappa shape index (κ3) is 4.08. The lowest BCUT2D eigenvalue weighted by molar-refractivity contribution is 0.171. The van der Waals surface area contributed by atoms with Crippen LogP contribution in [0.25, 0.3) is 0 Å². The van der Waals surface area contributed by atoms with E-state index in [0.717, 1.165) is 13.1 Å². The quantitative estimate of drug-likeness (QED) is 0.673. The lowest BCUT2D eigenvalue weighted by Crippen LogP contribution is -2.43. The van der Waals surface area contributed by atoms with Crippen molar-refractivity contribution in [3.05, 3.63) is 0 Å². The molecule has 1 unspecified atom stereocenters. The standard InChI is InChI=1S/C11H21N3/c1-11(10-13-7-5-6-12)14-8-3-2-4-9-14/h11,13H,2-5,7-10H2,1H3. The highest BCUT2D eigenvalue weighted by Gasteiger charge is 2.15. The van der Waals surface area contributed by atoms with Crippen molar-refractivity contribution in [3.63, 3.8) is 0 Å². The second-order valence-corrected chi connectivity index (χ2v) is 4.06. The van der Waals surface area contributed by atoms with Crippen LogP contribution in [0.15, 0.2) is 0 Å². The first-order valence-electron chi connectivity index (χ1n) is 5.66. The molecule has 1 atom stereocenters. The Kier molecular flexibility index (Phi) is 5.58. The number of nitrogens with zero attached hydrogens (tertiary/aromatic N) is 2. The molecule has 0 bridgehead atoms. The zero-order valence-corrected chi connectivity index (χ0v) is 9.13. The molecular formula is C11H21N3. The van der Waals surface area contributed by atoms with Gasteiger partial charge in [0, 0.05) is 25.6 Å². The van der Waals surface area contributed by atoms with Gasteiger partial charge in [0.05, 0.1) is 6.07 Å². The van der Waals surface area contributed by atoms with Crippen LogP contribution < -0.4 is 5.32 Å². The molecule has 0 radical (unpaired) electrons. The molecule has 80 valence electrons. The predicted molar refractivity (Wildman–Crippen MR) is 58.0 cm³/mol. The fraction of sp³-hybridized carbons (Fsp3) is 0.909. The van der Waals surface area contributed by atoms with Gasteiger partial charge in [-0.05, 0) is 32.9 Å². The minimum Gasteiger partial charge on any atom is -0.314 e. The maximum absolute atomic E-state index is 8.38. The normalized spacial score (nSPS) is 20.3. The molecular weight excluding hydrogens is 174 g/mol. The van der Waals surface area contributed by atoms with Crippen LogP contribution in [0.5, 0.6) is 0 Å². The van der Waals surface area contributed by atoms with Crippen LogP contribution in [-0.2, 0) is 0 Å². The van der Waals surface area contributed by atoms with Gasteiger partial charge in [0.2, 0.25) is 0 Å². The monoisotopic (exact) mass is 195 g/mol. The van der Waals surface area contributed by atoms with E-state index in [0.29, 0.717) is 12.5 Å². The van der Waals surface area contributed by atoms with Crippen molar-refractivity contribution in [3.8, 4) is 6.07 Å². The van der Waals surface area contributed by atoms with Gasteiger partial charge in [0.15, 0.2) is 0 Å². The largest absolute Gasteiger partial charge is 0.314 e. The maximum Gasteiger partial charge on any atom is 0.0635 e. The van der Waals surface area contributed by atoms with E-state index >= 15 is 0 Å². The van der Waals surface area contributed by atoms with Gasteiger partial charge in [-0.3, -0.25) is 4.90 Å². The molecule has 1 fully saturated rings. The third-order valence-electron chi connectivity index (χ3n) is 2.87. The van der Waals surface area contributed by atoms with Gasteiger partial charge in [0.25, 0.3) is 0 Å². The Morgan fingerprint density at radius 2 is 2.07 bits per heavy atom. The van der Waals surface area contributed by atoms with Crippen LogP contribution in [0.1, 0.15) is 32.6 Å². The first-order chi connectivity index (χ1) is 6.84. The zero-order chi connectivity index (χ0) is 10.2. The van der Waals surface area contributed by atoms with E-state index in [9.17, 15) is 0 Å². The minimum atomic E-state index is 0.618. The Hall–Kier alpha value is -0.590. The molecule has 1 aliphatic rings. The van der Waals surface area contributed by atoms with E-state index in [-0.39, 0.29) is 0 Å². The minimum absolute atomic E-state index is 0.618. The lowest BCUT2D eigenvalue weighted by Gasteiger charge is -2.32. The van der Waals surface area contributed by atoms with Gasteiger partial charge in [-0.2, -0.15) is 5.26 Å². The van der Waals surface area contributed by atoms with Crippen molar-refractivity contribution in [1.29, 1.82) is 5.26 Å². The Bertz CT molecular complexity index is 179. The van der Waals surface area contributed by atoms with E-state index < -0.39 is 0 Å². The Morgan fingerprint density at radius 1 is 1.36 bits per heavy atom. The first-order valence-corrected chi connectivity index (χ1v) is 5.66. The van der Waals surface area contributed by atoms with E-state index in [1.165, 1.54) is 32.4 Å². The molecule has 3 heteroatoms. The third-order valence-corrected chi connectivity index (χ3v) is 2.87. The van der Waals surface area contributed by atoms with Crippen LogP contribution in [0.4, 0.5) is 0 Å². The second-order valence-electron chi connectivity index (χ2n) is 4.06. The van der Waals surface area contributed by atoms with E-state index in [1.54, 1.807) is 0 Å². The van der Waals surface area contributed by atoms with E-state index in [4.69, 9.17) is 5.26 Å². The molecule has 1 rings (SSSR count). The zero-order valence-electron chi connectivity index (χ0n) is 9.13. The number of likely N-dealkylation sites (tertiary alicyclic amines) is 1. The van der Waals surface area contributed by atoms with Gasteiger partial charge < -0.3 is 5.32 Å². The molecule has 1 heterocycles. The number of hydrogen-bond acceptors (Lipinski definition) is 3. The number of rotatable bonds is 5. The Balaban J connectivity index is 2.07. The van der Waals surface area contributed by atoms with Crippen LogP contribution in [0.3, 0.4) is 0 Å². The summed E-state index contributed by atoms with van der Waals surface area (Å²) in [7, 11) is 0. The summed E-state index contributed by atoms with van der Waals surface area (Å²) in [5.74, 6) is 0. The molecule has 0 aliphatic carbocycles. The molecule has 1 N–H and O–H groups in total. The average Bonchev–Trinajstić information content (AvgIpc) is 2.25. The highest BCUT2D eigenvalue weighted by atomic mass is 15.2. The van der Waals surface area contributed by atoms with Crippen molar-refractivity contribution in [1.82, 2.24) is 10.2 Å². The number of nitrogens with one attached hydrogen (secondary N) is 1. The number of nitriles is 1. The van der Waals surface area contributed by atoms with Gasteiger partial charge >= 0.3 is 0 Å². The molecule has 0 aromatic heterocycles. The fourth-order valence-electron chi connectivity index (χ4n) is 1.94. The predicted octanol–water partition coefficient (Wildman–Crippen LogP) is 1.36. The molecule has 14 heavy (non-hydrogen) atoms. The smallest absolute Gasteiger partial charge is 0.0635 e. The molecule has 1 saturated heterocycles. The van der Waals surface area contributed by atoms with Crippen molar-refractivity contribution in [2.24, 2.45) is 0 Å². The summed E-state index contributed by atoms with van der Waals surface area (Å²) in [5, 5.41) is 11.7. The maximum atomic E-state index is 8.38. The lowest BCUT2D eigenvalue weighted by atomic mass is 10.1. The Morgan fingerprint density at radius 3 is 2.71 bits per heavy atom. The Labute approximate surface area is 87.1 Å². The van der Waals surface area contributed by atoms with Crippen molar-refractivity contribution in [2.75, 3.05) is 26.2 Å². The summed E-state index contributed by atoms with van der Waals surface area (Å²) in [6.45, 7) is 6.61. The van der Waals surface area contributed by atoms with Gasteiger partial charge in [-0.15, -0.1) is 0 Å². The molecule has 1 aliphatic heterocycles.